The third-order valence-electron chi connectivity index (χ3n) is 3.16. The van der Waals surface area contributed by atoms with Crippen LogP contribution in [0.1, 0.15) is 31.8 Å². The average molecular weight is 323 g/mol. The summed E-state index contributed by atoms with van der Waals surface area (Å²) in [6.07, 6.45) is 4.28. The van der Waals surface area contributed by atoms with Gasteiger partial charge in [0.2, 0.25) is 0 Å². The summed E-state index contributed by atoms with van der Waals surface area (Å²) in [5, 5.41) is 2.59. The van der Waals surface area contributed by atoms with E-state index in [0.29, 0.717) is 29.3 Å². The van der Waals surface area contributed by atoms with Gasteiger partial charge in [-0.05, 0) is 29.3 Å². The maximum atomic E-state index is 11.6. The van der Waals surface area contributed by atoms with Crippen molar-refractivity contribution in [3.05, 3.63) is 76.9 Å². The summed E-state index contributed by atoms with van der Waals surface area (Å²) in [6.45, 7) is 0.482. The monoisotopic (exact) mass is 323 g/mol. The lowest BCUT2D eigenvalue weighted by molar-refractivity contribution is 0.112. The lowest BCUT2D eigenvalue weighted by Crippen LogP contribution is -2.24. The summed E-state index contributed by atoms with van der Waals surface area (Å²) in [4.78, 5) is 33.2. The minimum absolute atomic E-state index is 0.209. The molecule has 0 atom stereocenters. The topological polar surface area (TPSA) is 72.5 Å². The molecular formula is C19H17NO4. The van der Waals surface area contributed by atoms with Crippen LogP contribution in [0.2, 0.25) is 0 Å². The Bertz CT molecular complexity index is 712. The number of carbonyl (C=O) groups excluding carboxylic acids is 3. The van der Waals surface area contributed by atoms with Gasteiger partial charge in [0.05, 0.1) is 0 Å². The third-order valence-corrected chi connectivity index (χ3v) is 3.16. The van der Waals surface area contributed by atoms with Gasteiger partial charge in [-0.2, -0.15) is 0 Å². The quantitative estimate of drug-likeness (QED) is 0.794. The van der Waals surface area contributed by atoms with E-state index < -0.39 is 6.09 Å². The summed E-state index contributed by atoms with van der Waals surface area (Å²) in [6, 6.07) is 14.2. The Morgan fingerprint density at radius 3 is 2.21 bits per heavy atom. The molecule has 0 aliphatic rings. The second-order valence-corrected chi connectivity index (χ2v) is 5.01. The minimum atomic E-state index is -0.515. The largest absolute Gasteiger partial charge is 0.445 e. The van der Waals surface area contributed by atoms with Crippen molar-refractivity contribution in [2.24, 2.45) is 0 Å². The van der Waals surface area contributed by atoms with Crippen LogP contribution in [0.4, 0.5) is 4.79 Å². The molecule has 2 rings (SSSR count). The molecule has 5 nitrogen and oxygen atoms in total. The third kappa shape index (κ3) is 5.53. The summed E-state index contributed by atoms with van der Waals surface area (Å²) in [5.41, 5.74) is 2.47. The van der Waals surface area contributed by atoms with E-state index in [9.17, 15) is 14.4 Å². The molecule has 0 saturated carbocycles. The number of hydrogen-bond acceptors (Lipinski definition) is 4. The molecule has 0 heterocycles. The first-order valence-corrected chi connectivity index (χ1v) is 7.38. The maximum absolute atomic E-state index is 11.6. The number of rotatable bonds is 7. The number of amides is 1. The van der Waals surface area contributed by atoms with Crippen LogP contribution in [-0.4, -0.2) is 25.2 Å². The highest BCUT2D eigenvalue weighted by Gasteiger charge is 2.01. The van der Waals surface area contributed by atoms with Crippen LogP contribution < -0.4 is 5.32 Å². The van der Waals surface area contributed by atoms with E-state index in [1.165, 1.54) is 6.07 Å². The fourth-order valence-corrected chi connectivity index (χ4v) is 2.05. The summed E-state index contributed by atoms with van der Waals surface area (Å²) < 4.78 is 5.08. The maximum Gasteiger partial charge on any atom is 0.407 e. The zero-order valence-corrected chi connectivity index (χ0v) is 13.0. The van der Waals surface area contributed by atoms with E-state index in [-0.39, 0.29) is 13.2 Å². The highest BCUT2D eigenvalue weighted by Crippen LogP contribution is 2.09. The highest BCUT2D eigenvalue weighted by molar-refractivity contribution is 5.83. The standard InChI is InChI=1S/C19H17NO4/c21-12-17-9-16(10-18(11-17)13-22)7-4-8-20-19(23)24-14-15-5-2-1-3-6-15/h1-7,9-13H,8,14H2,(H,20,23). The Kier molecular flexibility index (Phi) is 6.46. The predicted octanol–water partition coefficient (Wildman–Crippen LogP) is 3.25. The number of carbonyl (C=O) groups is 3. The summed E-state index contributed by atoms with van der Waals surface area (Å²) in [7, 11) is 0. The van der Waals surface area contributed by atoms with Gasteiger partial charge in [0, 0.05) is 17.7 Å². The fraction of sp³-hybridized carbons (Fsp3) is 0.105. The van der Waals surface area contributed by atoms with Gasteiger partial charge in [-0.1, -0.05) is 42.5 Å². The number of nitrogens with one attached hydrogen (secondary N) is 1. The van der Waals surface area contributed by atoms with Crippen molar-refractivity contribution in [3.63, 3.8) is 0 Å². The molecule has 0 aliphatic heterocycles. The van der Waals surface area contributed by atoms with E-state index in [2.05, 4.69) is 5.32 Å². The van der Waals surface area contributed by atoms with E-state index in [4.69, 9.17) is 4.74 Å². The molecule has 0 unspecified atom stereocenters. The Balaban J connectivity index is 1.80. The van der Waals surface area contributed by atoms with Crippen molar-refractivity contribution in [1.29, 1.82) is 0 Å². The predicted molar refractivity (Wildman–Crippen MR) is 90.9 cm³/mol. The van der Waals surface area contributed by atoms with Gasteiger partial charge in [-0.25, -0.2) is 4.79 Å². The normalized spacial score (nSPS) is 10.3. The van der Waals surface area contributed by atoms with Crippen LogP contribution in [0.5, 0.6) is 0 Å². The zero-order chi connectivity index (χ0) is 17.2. The van der Waals surface area contributed by atoms with Gasteiger partial charge in [-0.3, -0.25) is 9.59 Å². The van der Waals surface area contributed by atoms with E-state index >= 15 is 0 Å². The molecule has 1 N–H and O–H groups in total. The molecule has 0 radical (unpaired) electrons. The summed E-state index contributed by atoms with van der Waals surface area (Å²) in [5.74, 6) is 0. The first-order chi connectivity index (χ1) is 11.7. The van der Waals surface area contributed by atoms with Gasteiger partial charge in [-0.15, -0.1) is 0 Å². The Morgan fingerprint density at radius 1 is 0.958 bits per heavy atom. The molecule has 2 aromatic carbocycles. The van der Waals surface area contributed by atoms with Crippen molar-refractivity contribution < 1.29 is 19.1 Å². The van der Waals surface area contributed by atoms with Gasteiger partial charge >= 0.3 is 6.09 Å². The Hall–Kier alpha value is -3.21. The Morgan fingerprint density at radius 2 is 1.58 bits per heavy atom. The molecule has 0 aliphatic carbocycles. The van der Waals surface area contributed by atoms with Crippen LogP contribution in [0.25, 0.3) is 6.08 Å². The van der Waals surface area contributed by atoms with Gasteiger partial charge < -0.3 is 10.1 Å². The highest BCUT2D eigenvalue weighted by atomic mass is 16.5. The second kappa shape index (κ2) is 9.05. The van der Waals surface area contributed by atoms with Crippen LogP contribution >= 0.6 is 0 Å². The molecule has 0 saturated heterocycles. The van der Waals surface area contributed by atoms with E-state index in [1.807, 2.05) is 30.3 Å². The zero-order valence-electron chi connectivity index (χ0n) is 13.0. The van der Waals surface area contributed by atoms with Gasteiger partial charge in [0.15, 0.2) is 0 Å². The number of aldehydes is 2. The summed E-state index contributed by atoms with van der Waals surface area (Å²) >= 11 is 0. The first-order valence-electron chi connectivity index (χ1n) is 7.38. The van der Waals surface area contributed by atoms with Crippen molar-refractivity contribution in [2.75, 3.05) is 6.54 Å². The van der Waals surface area contributed by atoms with Crippen LogP contribution in [-0.2, 0) is 11.3 Å². The molecule has 0 fully saturated rings. The van der Waals surface area contributed by atoms with E-state index in [1.54, 1.807) is 24.3 Å². The number of hydrogen-bond donors (Lipinski definition) is 1. The van der Waals surface area contributed by atoms with Crippen LogP contribution in [0.3, 0.4) is 0 Å². The SMILES string of the molecule is O=Cc1cc(C=O)cc(C=CCNC(=O)OCc2ccccc2)c1. The minimum Gasteiger partial charge on any atom is -0.445 e. The molecule has 0 aromatic heterocycles. The van der Waals surface area contributed by atoms with Gasteiger partial charge in [0.1, 0.15) is 19.2 Å². The van der Waals surface area contributed by atoms with Gasteiger partial charge in [0.25, 0.3) is 0 Å². The number of benzene rings is 2. The lowest BCUT2D eigenvalue weighted by Gasteiger charge is -2.05. The molecule has 24 heavy (non-hydrogen) atoms. The van der Waals surface area contributed by atoms with Crippen LogP contribution in [0.15, 0.2) is 54.6 Å². The molecule has 5 heteroatoms. The molecule has 122 valence electrons. The molecule has 2 aromatic rings. The second-order valence-electron chi connectivity index (χ2n) is 5.01. The van der Waals surface area contributed by atoms with Crippen molar-refractivity contribution in [3.8, 4) is 0 Å². The first kappa shape index (κ1) is 17.1. The number of alkyl carbamates (subject to hydrolysis) is 1. The molecular weight excluding hydrogens is 306 g/mol. The van der Waals surface area contributed by atoms with Crippen molar-refractivity contribution in [2.45, 2.75) is 6.61 Å². The molecule has 0 spiro atoms. The number of ether oxygens (including phenoxy) is 1. The van der Waals surface area contributed by atoms with E-state index in [0.717, 1.165) is 5.56 Å². The average Bonchev–Trinajstić information content (AvgIpc) is 2.64. The van der Waals surface area contributed by atoms with Crippen molar-refractivity contribution >= 4 is 24.7 Å². The molecule has 0 bridgehead atoms. The fourth-order valence-electron chi connectivity index (χ4n) is 2.05. The Labute approximate surface area is 140 Å². The van der Waals surface area contributed by atoms with Crippen LogP contribution in [0, 0.1) is 0 Å². The lowest BCUT2D eigenvalue weighted by atomic mass is 10.1. The molecule has 1 amide bonds. The van der Waals surface area contributed by atoms with Crippen molar-refractivity contribution in [1.82, 2.24) is 5.32 Å². The smallest absolute Gasteiger partial charge is 0.407 e.